The normalized spacial score (nSPS) is 16.5. The molecule has 166 valence electrons. The second kappa shape index (κ2) is 8.79. The predicted molar refractivity (Wildman–Crippen MR) is 124 cm³/mol. The van der Waals surface area contributed by atoms with Gasteiger partial charge in [0.15, 0.2) is 0 Å². The molecule has 2 aromatic rings. The number of benzene rings is 2. The van der Waals surface area contributed by atoms with Gasteiger partial charge in [0.05, 0.1) is 24.8 Å². The summed E-state index contributed by atoms with van der Waals surface area (Å²) >= 11 is 0. The average molecular weight is 424 g/mol. The number of likely N-dealkylation sites (N-methyl/N-ethyl adjacent to an activating group) is 1. The summed E-state index contributed by atoms with van der Waals surface area (Å²) in [7, 11) is 1.65. The van der Waals surface area contributed by atoms with Gasteiger partial charge in [-0.25, -0.2) is 0 Å². The molecule has 1 saturated carbocycles. The summed E-state index contributed by atoms with van der Waals surface area (Å²) in [5.41, 5.74) is 9.47. The van der Waals surface area contributed by atoms with Crippen LogP contribution in [0.1, 0.15) is 44.2 Å². The van der Waals surface area contributed by atoms with Crippen LogP contribution in [0, 0.1) is 0 Å². The monoisotopic (exact) mass is 423 g/mol. The van der Waals surface area contributed by atoms with Crippen LogP contribution in [-0.2, 0) is 16.8 Å². The quantitative estimate of drug-likeness (QED) is 0.618. The Morgan fingerprint density at radius 2 is 1.84 bits per heavy atom. The third-order valence-corrected chi connectivity index (χ3v) is 6.80. The van der Waals surface area contributed by atoms with Gasteiger partial charge in [-0.2, -0.15) is 0 Å². The third kappa shape index (κ3) is 3.85. The Balaban J connectivity index is 1.66. The summed E-state index contributed by atoms with van der Waals surface area (Å²) in [5, 5.41) is 0. The minimum absolute atomic E-state index is 0.170. The van der Waals surface area contributed by atoms with Crippen LogP contribution in [0.4, 0.5) is 11.4 Å². The van der Waals surface area contributed by atoms with Crippen LogP contribution in [-0.4, -0.2) is 44.2 Å². The van der Waals surface area contributed by atoms with E-state index in [1.54, 1.807) is 7.11 Å². The fourth-order valence-corrected chi connectivity index (χ4v) is 4.76. The number of methoxy groups -OCH3 is 1. The number of fused-ring (bicyclic) bond motifs is 2. The van der Waals surface area contributed by atoms with Gasteiger partial charge in [-0.15, -0.1) is 0 Å². The number of amides is 1. The highest BCUT2D eigenvalue weighted by molar-refractivity contribution is 6.10. The molecule has 6 nitrogen and oxygen atoms in total. The van der Waals surface area contributed by atoms with Crippen LogP contribution < -0.4 is 20.1 Å². The molecule has 0 saturated heterocycles. The van der Waals surface area contributed by atoms with Crippen molar-refractivity contribution in [3.05, 3.63) is 47.5 Å². The maximum Gasteiger partial charge on any atom is 0.238 e. The molecule has 6 heteroatoms. The molecule has 31 heavy (non-hydrogen) atoms. The molecule has 0 radical (unpaired) electrons. The number of rotatable bonds is 9. The van der Waals surface area contributed by atoms with Gasteiger partial charge in [0.1, 0.15) is 18.1 Å². The Hall–Kier alpha value is -2.73. The van der Waals surface area contributed by atoms with Crippen molar-refractivity contribution in [1.29, 1.82) is 0 Å². The molecule has 0 aromatic heterocycles. The number of nitrogens with two attached hydrogens (primary N) is 1. The summed E-state index contributed by atoms with van der Waals surface area (Å²) in [5.74, 6) is 1.69. The molecular formula is C25H33N3O3. The van der Waals surface area contributed by atoms with E-state index in [9.17, 15) is 4.79 Å². The van der Waals surface area contributed by atoms with Crippen LogP contribution in [0.3, 0.4) is 0 Å². The van der Waals surface area contributed by atoms with E-state index in [0.29, 0.717) is 24.6 Å². The zero-order chi connectivity index (χ0) is 22.0. The number of carbonyl (C=O) groups excluding carboxylic acids is 1. The van der Waals surface area contributed by atoms with E-state index in [1.165, 1.54) is 0 Å². The summed E-state index contributed by atoms with van der Waals surface area (Å²) in [4.78, 5) is 17.9. The molecule has 2 aliphatic rings. The Morgan fingerprint density at radius 1 is 1.13 bits per heavy atom. The van der Waals surface area contributed by atoms with Gasteiger partial charge in [0.25, 0.3) is 0 Å². The van der Waals surface area contributed by atoms with E-state index in [4.69, 9.17) is 15.2 Å². The first-order chi connectivity index (χ1) is 15.0. The van der Waals surface area contributed by atoms with Crippen molar-refractivity contribution in [2.75, 3.05) is 44.0 Å². The van der Waals surface area contributed by atoms with Crippen LogP contribution in [0.5, 0.6) is 11.5 Å². The van der Waals surface area contributed by atoms with Gasteiger partial charge in [-0.05, 0) is 55.3 Å². The molecular weight excluding hydrogens is 390 g/mol. The molecule has 0 unspecified atom stereocenters. The maximum atomic E-state index is 13.6. The van der Waals surface area contributed by atoms with Crippen LogP contribution in [0.15, 0.2) is 36.4 Å². The average Bonchev–Trinajstić information content (AvgIpc) is 2.99. The molecule has 1 spiro atoms. The Labute approximate surface area is 184 Å². The van der Waals surface area contributed by atoms with Gasteiger partial charge in [0.2, 0.25) is 5.91 Å². The highest BCUT2D eigenvalue weighted by Crippen LogP contribution is 2.57. The molecule has 1 heterocycles. The Morgan fingerprint density at radius 3 is 2.42 bits per heavy atom. The molecule has 1 aliphatic heterocycles. The topological polar surface area (TPSA) is 68.0 Å². The smallest absolute Gasteiger partial charge is 0.238 e. The third-order valence-electron chi connectivity index (χ3n) is 6.80. The van der Waals surface area contributed by atoms with Crippen molar-refractivity contribution < 1.29 is 14.3 Å². The number of ether oxygens (including phenoxy) is 2. The fraction of sp³-hybridized carbons (Fsp3) is 0.480. The second-order valence-electron chi connectivity index (χ2n) is 8.47. The highest BCUT2D eigenvalue weighted by Gasteiger charge is 2.55. The predicted octanol–water partition coefficient (Wildman–Crippen LogP) is 3.97. The summed E-state index contributed by atoms with van der Waals surface area (Å²) < 4.78 is 11.5. The zero-order valence-electron chi connectivity index (χ0n) is 18.8. The van der Waals surface area contributed by atoms with E-state index in [2.05, 4.69) is 18.7 Å². The first-order valence-corrected chi connectivity index (χ1v) is 11.3. The zero-order valence-corrected chi connectivity index (χ0v) is 18.8. The number of carbonyl (C=O) groups is 1. The molecule has 0 bridgehead atoms. The number of hydrogen-bond donors (Lipinski definition) is 1. The van der Waals surface area contributed by atoms with Crippen molar-refractivity contribution in [3.8, 4) is 11.5 Å². The fourth-order valence-electron chi connectivity index (χ4n) is 4.76. The van der Waals surface area contributed by atoms with E-state index < -0.39 is 5.41 Å². The molecule has 2 aromatic carbocycles. The maximum absolute atomic E-state index is 13.6. The second-order valence-corrected chi connectivity index (χ2v) is 8.47. The molecule has 1 amide bonds. The first-order valence-electron chi connectivity index (χ1n) is 11.3. The van der Waals surface area contributed by atoms with Crippen molar-refractivity contribution in [3.63, 3.8) is 0 Å². The molecule has 4 rings (SSSR count). The minimum Gasteiger partial charge on any atom is -0.497 e. The number of anilines is 2. The van der Waals surface area contributed by atoms with Gasteiger partial charge >= 0.3 is 0 Å². The summed E-state index contributed by atoms with van der Waals surface area (Å²) in [6.07, 6.45) is 2.81. The standard InChI is InChI=1S/C25H33N3O3/c1-4-27(5-2)13-14-31-22-16-19(26)15-21-23(22)28(24(29)25(21)11-6-12-25)17-18-7-9-20(30-3)10-8-18/h7-10,15-16H,4-6,11-14,17,26H2,1-3H3. The number of nitrogens with zero attached hydrogens (tertiary/aromatic N) is 2. The van der Waals surface area contributed by atoms with Crippen molar-refractivity contribution in [2.24, 2.45) is 0 Å². The molecule has 1 fully saturated rings. The summed E-state index contributed by atoms with van der Waals surface area (Å²) in [6.45, 7) is 8.19. The Bertz CT molecular complexity index is 934. The van der Waals surface area contributed by atoms with Crippen molar-refractivity contribution >= 4 is 17.3 Å². The molecule has 1 aliphatic carbocycles. The number of nitrogen functional groups attached to an aromatic ring is 1. The minimum atomic E-state index is -0.436. The van der Waals surface area contributed by atoms with Gasteiger partial charge < -0.3 is 25.0 Å². The van der Waals surface area contributed by atoms with Crippen molar-refractivity contribution in [1.82, 2.24) is 4.90 Å². The molecule has 2 N–H and O–H groups in total. The van der Waals surface area contributed by atoms with E-state index in [1.807, 2.05) is 41.3 Å². The highest BCUT2D eigenvalue weighted by atomic mass is 16.5. The lowest BCUT2D eigenvalue weighted by Gasteiger charge is -2.37. The van der Waals surface area contributed by atoms with Crippen LogP contribution in [0.2, 0.25) is 0 Å². The van der Waals surface area contributed by atoms with Gasteiger partial charge in [0, 0.05) is 18.3 Å². The lowest BCUT2D eigenvalue weighted by Crippen LogP contribution is -2.44. The van der Waals surface area contributed by atoms with Gasteiger partial charge in [-0.3, -0.25) is 4.79 Å². The number of hydrogen-bond acceptors (Lipinski definition) is 5. The molecule has 0 atom stereocenters. The van der Waals surface area contributed by atoms with Crippen LogP contribution >= 0.6 is 0 Å². The SMILES string of the molecule is CCN(CC)CCOc1cc(N)cc2c1N(Cc1ccc(OC)cc1)C(=O)C21CCC1. The van der Waals surface area contributed by atoms with E-state index in [-0.39, 0.29) is 5.91 Å². The van der Waals surface area contributed by atoms with E-state index in [0.717, 1.165) is 61.5 Å². The van der Waals surface area contributed by atoms with Crippen molar-refractivity contribution in [2.45, 2.75) is 45.1 Å². The van der Waals surface area contributed by atoms with Gasteiger partial charge in [-0.1, -0.05) is 32.4 Å². The lowest BCUT2D eigenvalue weighted by molar-refractivity contribution is -0.126. The first kappa shape index (κ1) is 21.5. The van der Waals surface area contributed by atoms with E-state index >= 15 is 0 Å². The largest absolute Gasteiger partial charge is 0.497 e. The van der Waals surface area contributed by atoms with Crippen LogP contribution in [0.25, 0.3) is 0 Å². The lowest BCUT2D eigenvalue weighted by atomic mass is 9.65. The summed E-state index contributed by atoms with van der Waals surface area (Å²) in [6, 6.07) is 11.7. The Kier molecular flexibility index (Phi) is 6.10.